The van der Waals surface area contributed by atoms with E-state index in [1.807, 2.05) is 48.5 Å². The van der Waals surface area contributed by atoms with Crippen molar-refractivity contribution in [2.45, 2.75) is 45.4 Å². The summed E-state index contributed by atoms with van der Waals surface area (Å²) in [5, 5.41) is 0. The van der Waals surface area contributed by atoms with Crippen molar-refractivity contribution in [3.05, 3.63) is 65.4 Å². The van der Waals surface area contributed by atoms with Gasteiger partial charge in [0.1, 0.15) is 11.4 Å². The number of carbonyl (C=O) groups excluding carboxylic acids is 2. The van der Waals surface area contributed by atoms with Gasteiger partial charge >= 0.3 is 0 Å². The zero-order chi connectivity index (χ0) is 21.8. The largest absolute Gasteiger partial charge is 0.496 e. The van der Waals surface area contributed by atoms with Crippen molar-refractivity contribution in [3.63, 3.8) is 0 Å². The normalized spacial score (nSPS) is 17.0. The highest BCUT2D eigenvalue weighted by Gasteiger charge is 2.43. The molecule has 0 radical (unpaired) electrons. The number of nitrogens with zero attached hydrogens (tertiary/aromatic N) is 2. The molecule has 2 aromatic carbocycles. The minimum Gasteiger partial charge on any atom is -0.496 e. The second-order valence-electron chi connectivity index (χ2n) is 8.19. The van der Waals surface area contributed by atoms with Crippen LogP contribution >= 0.6 is 0 Å². The highest BCUT2D eigenvalue weighted by Crippen LogP contribution is 2.39. The van der Waals surface area contributed by atoms with Gasteiger partial charge in [-0.2, -0.15) is 0 Å². The highest BCUT2D eigenvalue weighted by molar-refractivity contribution is 6.45. The van der Waals surface area contributed by atoms with Crippen molar-refractivity contribution in [3.8, 4) is 5.75 Å². The Kier molecular flexibility index (Phi) is 6.40. The summed E-state index contributed by atoms with van der Waals surface area (Å²) in [6.45, 7) is 3.75. The standard InChI is InChI=1S/C26H30N2O3/c1-3-4-10-19-13-15-20(16-14-19)28-25(29)23(21-11-6-7-12-22(21)31-2)24(26(28)30)27-17-8-5-9-18-27/h6-7,11-16H,3-5,8-10,17-18H2,1-2H3. The van der Waals surface area contributed by atoms with Crippen molar-refractivity contribution in [2.24, 2.45) is 0 Å². The summed E-state index contributed by atoms with van der Waals surface area (Å²) in [5.74, 6) is 0.0791. The smallest absolute Gasteiger partial charge is 0.282 e. The number of hydrogen-bond acceptors (Lipinski definition) is 4. The Morgan fingerprint density at radius 2 is 1.61 bits per heavy atom. The molecule has 162 valence electrons. The molecule has 2 amide bonds. The summed E-state index contributed by atoms with van der Waals surface area (Å²) in [4.78, 5) is 30.7. The van der Waals surface area contributed by atoms with Crippen LogP contribution < -0.4 is 9.64 Å². The second-order valence-corrected chi connectivity index (χ2v) is 8.19. The van der Waals surface area contributed by atoms with E-state index in [4.69, 9.17) is 4.74 Å². The number of likely N-dealkylation sites (tertiary alicyclic amines) is 1. The quantitative estimate of drug-likeness (QED) is 0.606. The van der Waals surface area contributed by atoms with Gasteiger partial charge in [-0.25, -0.2) is 4.90 Å². The van der Waals surface area contributed by atoms with E-state index in [9.17, 15) is 9.59 Å². The van der Waals surface area contributed by atoms with Gasteiger partial charge in [-0.05, 0) is 55.9 Å². The molecule has 0 aromatic heterocycles. The van der Waals surface area contributed by atoms with E-state index in [0.29, 0.717) is 28.3 Å². The summed E-state index contributed by atoms with van der Waals surface area (Å²) in [5.41, 5.74) is 3.46. The molecule has 2 aliphatic rings. The number of anilines is 1. The summed E-state index contributed by atoms with van der Waals surface area (Å²) in [6.07, 6.45) is 6.46. The van der Waals surface area contributed by atoms with Crippen LogP contribution in [0.4, 0.5) is 5.69 Å². The Morgan fingerprint density at radius 3 is 2.29 bits per heavy atom. The number of imide groups is 1. The number of ether oxygens (including phenoxy) is 1. The van der Waals surface area contributed by atoms with Crippen molar-refractivity contribution in [1.29, 1.82) is 0 Å². The molecule has 1 saturated heterocycles. The fraction of sp³-hybridized carbons (Fsp3) is 0.385. The van der Waals surface area contributed by atoms with E-state index in [0.717, 1.165) is 51.6 Å². The number of rotatable bonds is 7. The zero-order valence-electron chi connectivity index (χ0n) is 18.4. The molecular formula is C26H30N2O3. The maximum atomic E-state index is 13.7. The SMILES string of the molecule is CCCCc1ccc(N2C(=O)C(c3ccccc3OC)=C(N3CCCCC3)C2=O)cc1. The molecule has 0 aliphatic carbocycles. The highest BCUT2D eigenvalue weighted by atomic mass is 16.5. The van der Waals surface area contributed by atoms with Crippen LogP contribution in [0.5, 0.6) is 5.75 Å². The molecule has 5 nitrogen and oxygen atoms in total. The number of benzene rings is 2. The molecule has 1 fully saturated rings. The van der Waals surface area contributed by atoms with Gasteiger partial charge in [0.05, 0.1) is 18.4 Å². The predicted molar refractivity (Wildman–Crippen MR) is 123 cm³/mol. The van der Waals surface area contributed by atoms with Gasteiger partial charge < -0.3 is 9.64 Å². The van der Waals surface area contributed by atoms with Crippen LogP contribution in [0.1, 0.15) is 50.2 Å². The van der Waals surface area contributed by atoms with Crippen LogP contribution in [-0.4, -0.2) is 36.9 Å². The van der Waals surface area contributed by atoms with Gasteiger partial charge in [-0.15, -0.1) is 0 Å². The first kappa shape index (κ1) is 21.2. The van der Waals surface area contributed by atoms with Gasteiger partial charge in [0.2, 0.25) is 0 Å². The fourth-order valence-corrected chi connectivity index (χ4v) is 4.45. The Hall–Kier alpha value is -3.08. The van der Waals surface area contributed by atoms with Crippen LogP contribution in [-0.2, 0) is 16.0 Å². The number of carbonyl (C=O) groups is 2. The Balaban J connectivity index is 1.75. The third kappa shape index (κ3) is 4.09. The summed E-state index contributed by atoms with van der Waals surface area (Å²) >= 11 is 0. The number of para-hydroxylation sites is 1. The van der Waals surface area contributed by atoms with Crippen molar-refractivity contribution >= 4 is 23.1 Å². The van der Waals surface area contributed by atoms with Gasteiger partial charge in [-0.1, -0.05) is 43.7 Å². The Labute approximate surface area is 184 Å². The van der Waals surface area contributed by atoms with E-state index in [1.54, 1.807) is 7.11 Å². The average molecular weight is 419 g/mol. The molecule has 5 heteroatoms. The number of hydrogen-bond donors (Lipinski definition) is 0. The molecule has 2 heterocycles. The minimum absolute atomic E-state index is 0.242. The lowest BCUT2D eigenvalue weighted by molar-refractivity contribution is -0.120. The number of amides is 2. The first-order chi connectivity index (χ1) is 15.2. The van der Waals surface area contributed by atoms with Crippen LogP contribution in [0.3, 0.4) is 0 Å². The topological polar surface area (TPSA) is 49.9 Å². The molecule has 31 heavy (non-hydrogen) atoms. The van der Waals surface area contributed by atoms with Crippen molar-refractivity contribution in [1.82, 2.24) is 4.90 Å². The van der Waals surface area contributed by atoms with Crippen molar-refractivity contribution < 1.29 is 14.3 Å². The van der Waals surface area contributed by atoms with Crippen LogP contribution in [0, 0.1) is 0 Å². The molecule has 2 aromatic rings. The van der Waals surface area contributed by atoms with Crippen LogP contribution in [0.25, 0.3) is 5.57 Å². The summed E-state index contributed by atoms with van der Waals surface area (Å²) in [6, 6.07) is 15.3. The van der Waals surface area contributed by atoms with Gasteiger partial charge in [0.25, 0.3) is 11.8 Å². The van der Waals surface area contributed by atoms with E-state index < -0.39 is 0 Å². The zero-order valence-corrected chi connectivity index (χ0v) is 18.4. The maximum absolute atomic E-state index is 13.7. The second kappa shape index (κ2) is 9.38. The molecule has 0 bridgehead atoms. The third-order valence-electron chi connectivity index (χ3n) is 6.12. The number of aryl methyl sites for hydroxylation is 1. The molecule has 0 atom stereocenters. The van der Waals surface area contributed by atoms with Crippen molar-refractivity contribution in [2.75, 3.05) is 25.1 Å². The first-order valence-electron chi connectivity index (χ1n) is 11.3. The lowest BCUT2D eigenvalue weighted by Gasteiger charge is -2.29. The van der Waals surface area contributed by atoms with E-state index in [1.165, 1.54) is 10.5 Å². The molecule has 0 saturated carbocycles. The van der Waals surface area contributed by atoms with Gasteiger partial charge in [-0.3, -0.25) is 9.59 Å². The minimum atomic E-state index is -0.281. The summed E-state index contributed by atoms with van der Waals surface area (Å²) in [7, 11) is 1.59. The molecule has 4 rings (SSSR count). The molecule has 2 aliphatic heterocycles. The number of piperidine rings is 1. The molecule has 0 N–H and O–H groups in total. The first-order valence-corrected chi connectivity index (χ1v) is 11.3. The lowest BCUT2D eigenvalue weighted by atomic mass is 10.0. The van der Waals surface area contributed by atoms with E-state index in [-0.39, 0.29) is 11.8 Å². The molecular weight excluding hydrogens is 388 g/mol. The molecule has 0 unspecified atom stereocenters. The van der Waals surface area contributed by atoms with Crippen LogP contribution in [0.2, 0.25) is 0 Å². The maximum Gasteiger partial charge on any atom is 0.282 e. The van der Waals surface area contributed by atoms with Gasteiger partial charge in [0, 0.05) is 18.7 Å². The predicted octanol–water partition coefficient (Wildman–Crippen LogP) is 4.81. The lowest BCUT2D eigenvalue weighted by Crippen LogP contribution is -2.37. The van der Waals surface area contributed by atoms with Gasteiger partial charge in [0.15, 0.2) is 0 Å². The van der Waals surface area contributed by atoms with E-state index in [2.05, 4.69) is 11.8 Å². The number of methoxy groups -OCH3 is 1. The van der Waals surface area contributed by atoms with E-state index >= 15 is 0 Å². The Bertz CT molecular complexity index is 988. The third-order valence-corrected chi connectivity index (χ3v) is 6.12. The Morgan fingerprint density at radius 1 is 0.903 bits per heavy atom. The monoisotopic (exact) mass is 418 g/mol. The summed E-state index contributed by atoms with van der Waals surface area (Å²) < 4.78 is 5.54. The molecule has 0 spiro atoms. The number of unbranched alkanes of at least 4 members (excludes halogenated alkanes) is 1. The average Bonchev–Trinajstić information content (AvgIpc) is 3.08. The van der Waals surface area contributed by atoms with Crippen LogP contribution in [0.15, 0.2) is 54.2 Å². The fourth-order valence-electron chi connectivity index (χ4n) is 4.45.